The fourth-order valence-electron chi connectivity index (χ4n) is 1.71. The number of amides is 1. The number of nitrogens with one attached hydrogen (secondary N) is 2. The van der Waals surface area contributed by atoms with Gasteiger partial charge in [-0.3, -0.25) is 9.89 Å². The summed E-state index contributed by atoms with van der Waals surface area (Å²) in [7, 11) is 0. The van der Waals surface area contributed by atoms with Crippen LogP contribution in [0.5, 0.6) is 0 Å². The monoisotopic (exact) mass is 236 g/mol. The molecular weight excluding hydrogens is 224 g/mol. The van der Waals surface area contributed by atoms with Crippen molar-refractivity contribution in [2.45, 2.75) is 37.1 Å². The Morgan fingerprint density at radius 2 is 2.12 bits per heavy atom. The van der Waals surface area contributed by atoms with E-state index in [-0.39, 0.29) is 5.82 Å². The van der Waals surface area contributed by atoms with Crippen LogP contribution in [-0.4, -0.2) is 37.7 Å². The minimum absolute atomic E-state index is 0.0272. The number of carbonyl (C=O) groups excluding carboxylic acids is 1. The third kappa shape index (κ3) is 1.77. The standard InChI is InChI=1S/C10H12N4O3/c15-8(12-10(3-4-10)9(16)17)7-11-6(13-14-7)5-1-2-5/h5H,1-4H2,(H,12,15)(H,16,17)(H,11,13,14). The minimum Gasteiger partial charge on any atom is -0.480 e. The summed E-state index contributed by atoms with van der Waals surface area (Å²) < 4.78 is 0. The molecule has 2 saturated carbocycles. The number of H-pyrrole nitrogens is 1. The van der Waals surface area contributed by atoms with Gasteiger partial charge in [0.05, 0.1) is 0 Å². The van der Waals surface area contributed by atoms with Gasteiger partial charge in [-0.2, -0.15) is 0 Å². The molecule has 0 atom stereocenters. The molecule has 1 aromatic heterocycles. The van der Waals surface area contributed by atoms with Crippen molar-refractivity contribution in [2.75, 3.05) is 0 Å². The normalized spacial score (nSPS) is 20.9. The summed E-state index contributed by atoms with van der Waals surface area (Å²) in [5, 5.41) is 17.9. The van der Waals surface area contributed by atoms with Gasteiger partial charge in [0.2, 0.25) is 5.82 Å². The Morgan fingerprint density at radius 3 is 2.65 bits per heavy atom. The van der Waals surface area contributed by atoms with E-state index >= 15 is 0 Å². The molecule has 2 aliphatic carbocycles. The second-order valence-electron chi connectivity index (χ2n) is 4.66. The zero-order valence-corrected chi connectivity index (χ0v) is 9.06. The highest BCUT2D eigenvalue weighted by molar-refractivity contribution is 5.96. The third-order valence-electron chi connectivity index (χ3n) is 3.18. The number of rotatable bonds is 4. The Hall–Kier alpha value is -1.92. The van der Waals surface area contributed by atoms with Crippen LogP contribution in [0.1, 0.15) is 48.0 Å². The van der Waals surface area contributed by atoms with Gasteiger partial charge in [0.15, 0.2) is 0 Å². The van der Waals surface area contributed by atoms with Crippen LogP contribution in [0.15, 0.2) is 0 Å². The van der Waals surface area contributed by atoms with Crippen LogP contribution >= 0.6 is 0 Å². The molecule has 3 N–H and O–H groups in total. The molecule has 7 heteroatoms. The quantitative estimate of drug-likeness (QED) is 0.683. The smallest absolute Gasteiger partial charge is 0.329 e. The minimum atomic E-state index is -1.09. The van der Waals surface area contributed by atoms with Crippen molar-refractivity contribution < 1.29 is 14.7 Å². The van der Waals surface area contributed by atoms with Gasteiger partial charge in [-0.1, -0.05) is 0 Å². The van der Waals surface area contributed by atoms with Gasteiger partial charge < -0.3 is 10.4 Å². The molecule has 0 saturated heterocycles. The number of aliphatic carboxylic acids is 1. The summed E-state index contributed by atoms with van der Waals surface area (Å²) in [4.78, 5) is 26.7. The topological polar surface area (TPSA) is 108 Å². The van der Waals surface area contributed by atoms with E-state index in [9.17, 15) is 9.59 Å². The fourth-order valence-corrected chi connectivity index (χ4v) is 1.71. The molecule has 3 rings (SSSR count). The molecule has 0 aliphatic heterocycles. The Bertz CT molecular complexity index is 487. The first-order chi connectivity index (χ1) is 8.11. The molecule has 0 radical (unpaired) electrons. The number of aromatic nitrogens is 3. The van der Waals surface area contributed by atoms with E-state index in [1.807, 2.05) is 0 Å². The van der Waals surface area contributed by atoms with Gasteiger partial charge in [-0.05, 0) is 25.7 Å². The molecule has 2 fully saturated rings. The van der Waals surface area contributed by atoms with E-state index in [1.165, 1.54) is 0 Å². The lowest BCUT2D eigenvalue weighted by Gasteiger charge is -2.09. The Morgan fingerprint density at radius 1 is 1.41 bits per heavy atom. The predicted molar refractivity (Wildman–Crippen MR) is 55.4 cm³/mol. The fraction of sp³-hybridized carbons (Fsp3) is 0.600. The number of aromatic amines is 1. The first kappa shape index (κ1) is 10.2. The summed E-state index contributed by atoms with van der Waals surface area (Å²) in [6, 6.07) is 0. The maximum absolute atomic E-state index is 11.7. The summed E-state index contributed by atoms with van der Waals surface area (Å²) in [5.41, 5.74) is -1.09. The van der Waals surface area contributed by atoms with Crippen molar-refractivity contribution in [3.8, 4) is 0 Å². The second kappa shape index (κ2) is 3.28. The molecule has 0 unspecified atom stereocenters. The predicted octanol–water partition coefficient (Wildman–Crippen LogP) is 0.0291. The number of carboxylic acids is 1. The Kier molecular flexibility index (Phi) is 1.98. The van der Waals surface area contributed by atoms with Gasteiger partial charge in [0.1, 0.15) is 11.4 Å². The lowest BCUT2D eigenvalue weighted by Crippen LogP contribution is -2.43. The molecule has 90 valence electrons. The van der Waals surface area contributed by atoms with Gasteiger partial charge >= 0.3 is 5.97 Å². The van der Waals surface area contributed by atoms with Crippen molar-refractivity contribution in [3.05, 3.63) is 11.6 Å². The van der Waals surface area contributed by atoms with Crippen LogP contribution in [0, 0.1) is 0 Å². The maximum Gasteiger partial charge on any atom is 0.329 e. The van der Waals surface area contributed by atoms with Crippen molar-refractivity contribution in [2.24, 2.45) is 0 Å². The van der Waals surface area contributed by atoms with Crippen molar-refractivity contribution in [3.63, 3.8) is 0 Å². The highest BCUT2D eigenvalue weighted by atomic mass is 16.4. The van der Waals surface area contributed by atoms with E-state index in [4.69, 9.17) is 5.11 Å². The highest BCUT2D eigenvalue weighted by Crippen LogP contribution is 2.38. The summed E-state index contributed by atoms with van der Waals surface area (Å²) in [5.74, 6) is -0.384. The van der Waals surface area contributed by atoms with Gasteiger partial charge in [-0.25, -0.2) is 9.78 Å². The zero-order chi connectivity index (χ0) is 12.0. The largest absolute Gasteiger partial charge is 0.480 e. The van der Waals surface area contributed by atoms with Crippen LogP contribution < -0.4 is 5.32 Å². The number of carbonyl (C=O) groups is 2. The molecule has 1 aromatic rings. The Balaban J connectivity index is 1.71. The number of hydrogen-bond acceptors (Lipinski definition) is 4. The van der Waals surface area contributed by atoms with Crippen molar-refractivity contribution in [1.29, 1.82) is 0 Å². The van der Waals surface area contributed by atoms with E-state index in [0.717, 1.165) is 18.7 Å². The molecule has 1 amide bonds. The second-order valence-corrected chi connectivity index (χ2v) is 4.66. The molecular formula is C10H12N4O3. The average molecular weight is 236 g/mol. The molecule has 2 aliphatic rings. The summed E-state index contributed by atoms with van der Waals surface area (Å²) >= 11 is 0. The van der Waals surface area contributed by atoms with Gasteiger partial charge in [0.25, 0.3) is 5.91 Å². The lowest BCUT2D eigenvalue weighted by atomic mass is 10.3. The van der Waals surface area contributed by atoms with E-state index < -0.39 is 17.4 Å². The van der Waals surface area contributed by atoms with Crippen LogP contribution in [0.2, 0.25) is 0 Å². The summed E-state index contributed by atoms with van der Waals surface area (Å²) in [6.45, 7) is 0. The molecule has 0 bridgehead atoms. The van der Waals surface area contributed by atoms with Crippen LogP contribution in [0.4, 0.5) is 0 Å². The Labute approximate surface area is 96.6 Å². The molecule has 7 nitrogen and oxygen atoms in total. The SMILES string of the molecule is O=C(NC1(C(=O)O)CC1)c1n[nH]c(C2CC2)n1. The average Bonchev–Trinajstić information content (AvgIpc) is 3.20. The van der Waals surface area contributed by atoms with Crippen molar-refractivity contribution in [1.82, 2.24) is 20.5 Å². The molecule has 1 heterocycles. The number of carboxylic acid groups (broad SMARTS) is 1. The summed E-state index contributed by atoms with van der Waals surface area (Å²) in [6.07, 6.45) is 3.06. The molecule has 0 spiro atoms. The molecule has 17 heavy (non-hydrogen) atoms. The molecule has 0 aromatic carbocycles. The van der Waals surface area contributed by atoms with Crippen LogP contribution in [0.3, 0.4) is 0 Å². The van der Waals surface area contributed by atoms with E-state index in [2.05, 4.69) is 20.5 Å². The highest BCUT2D eigenvalue weighted by Gasteiger charge is 2.52. The zero-order valence-electron chi connectivity index (χ0n) is 9.06. The van der Waals surface area contributed by atoms with Crippen LogP contribution in [-0.2, 0) is 4.79 Å². The van der Waals surface area contributed by atoms with Gasteiger partial charge in [-0.15, -0.1) is 5.10 Å². The first-order valence-corrected chi connectivity index (χ1v) is 5.59. The first-order valence-electron chi connectivity index (χ1n) is 5.59. The van der Waals surface area contributed by atoms with E-state index in [1.54, 1.807) is 0 Å². The number of hydrogen-bond donors (Lipinski definition) is 3. The van der Waals surface area contributed by atoms with E-state index in [0.29, 0.717) is 18.8 Å². The number of nitrogens with zero attached hydrogens (tertiary/aromatic N) is 2. The van der Waals surface area contributed by atoms with Crippen molar-refractivity contribution >= 4 is 11.9 Å². The third-order valence-corrected chi connectivity index (χ3v) is 3.18. The van der Waals surface area contributed by atoms with Gasteiger partial charge in [0, 0.05) is 5.92 Å². The lowest BCUT2D eigenvalue weighted by molar-refractivity contribution is -0.140. The van der Waals surface area contributed by atoms with Crippen LogP contribution in [0.25, 0.3) is 0 Å². The maximum atomic E-state index is 11.7.